The van der Waals surface area contributed by atoms with E-state index in [0.29, 0.717) is 19.0 Å². The number of aliphatic imine (C=N–C) groups is 1. The van der Waals surface area contributed by atoms with Crippen LogP contribution in [0.3, 0.4) is 0 Å². The second-order valence-electron chi connectivity index (χ2n) is 4.47. The van der Waals surface area contributed by atoms with Gasteiger partial charge in [-0.2, -0.15) is 10.1 Å². The van der Waals surface area contributed by atoms with Crippen LogP contribution in [0.4, 0.5) is 4.79 Å². The number of aryl methyl sites for hydroxylation is 2. The number of carbonyl (C=O) groups excluding carboxylic acids is 1. The Morgan fingerprint density at radius 3 is 2.89 bits per heavy atom. The van der Waals surface area contributed by atoms with Crippen molar-refractivity contribution in [2.45, 2.75) is 19.4 Å². The molecule has 2 heterocycles. The van der Waals surface area contributed by atoms with Crippen LogP contribution in [-0.4, -0.2) is 46.8 Å². The van der Waals surface area contributed by atoms with Gasteiger partial charge in [0.05, 0.1) is 12.3 Å². The fourth-order valence-electron chi connectivity index (χ4n) is 2.30. The molecule has 1 aliphatic rings. The molecule has 0 aliphatic carbocycles. The van der Waals surface area contributed by atoms with Crippen LogP contribution in [0.25, 0.3) is 0 Å². The number of urea groups is 1. The Hall–Kier alpha value is -1.89. The molecule has 0 radical (unpaired) electrons. The maximum atomic E-state index is 11.9. The highest BCUT2D eigenvalue weighted by Gasteiger charge is 2.36. The number of nitrogens with two attached hydrogens (primary N) is 1. The van der Waals surface area contributed by atoms with Gasteiger partial charge in [0.15, 0.2) is 0 Å². The number of hydrogen-bond acceptors (Lipinski definition) is 4. The van der Waals surface area contributed by atoms with E-state index in [1.807, 2.05) is 20.2 Å². The first-order chi connectivity index (χ1) is 9.08. The van der Waals surface area contributed by atoms with Gasteiger partial charge < -0.3 is 15.4 Å². The normalized spacial score (nSPS) is 19.1. The molecule has 1 aromatic heterocycles. The van der Waals surface area contributed by atoms with Gasteiger partial charge in [-0.25, -0.2) is 4.79 Å². The molecule has 2 rings (SSSR count). The van der Waals surface area contributed by atoms with Crippen molar-refractivity contribution in [3.8, 4) is 0 Å². The van der Waals surface area contributed by atoms with Crippen molar-refractivity contribution < 1.29 is 9.53 Å². The van der Waals surface area contributed by atoms with Crippen LogP contribution < -0.4 is 5.73 Å². The minimum atomic E-state index is -0.328. The first-order valence-corrected chi connectivity index (χ1v) is 6.24. The molecule has 0 saturated heterocycles. The second kappa shape index (κ2) is 5.40. The van der Waals surface area contributed by atoms with Gasteiger partial charge in [0.2, 0.25) is 0 Å². The lowest BCUT2D eigenvalue weighted by atomic mass is 10.0. The minimum absolute atomic E-state index is 0.314. The SMILES string of the molecule is CCc1nn(C)cc1C1C(N)=NC(=O)N1CCOC. The zero-order valence-electron chi connectivity index (χ0n) is 11.5. The molecule has 1 atom stereocenters. The number of aromatic nitrogens is 2. The Morgan fingerprint density at radius 1 is 1.53 bits per heavy atom. The fraction of sp³-hybridized carbons (Fsp3) is 0.583. The number of hydrogen-bond donors (Lipinski definition) is 1. The molecule has 2 N–H and O–H groups in total. The first kappa shape index (κ1) is 13.5. The third kappa shape index (κ3) is 2.46. The van der Waals surface area contributed by atoms with Gasteiger partial charge in [-0.1, -0.05) is 6.92 Å². The fourth-order valence-corrected chi connectivity index (χ4v) is 2.30. The predicted octanol–water partition coefficient (Wildman–Crippen LogP) is 0.463. The highest BCUT2D eigenvalue weighted by atomic mass is 16.5. The van der Waals surface area contributed by atoms with E-state index in [0.717, 1.165) is 17.7 Å². The van der Waals surface area contributed by atoms with E-state index in [1.54, 1.807) is 16.7 Å². The maximum absolute atomic E-state index is 11.9. The number of amides is 2. The molecule has 0 bridgehead atoms. The minimum Gasteiger partial charge on any atom is -0.385 e. The van der Waals surface area contributed by atoms with Crippen molar-refractivity contribution in [3.05, 3.63) is 17.5 Å². The average Bonchev–Trinajstić information content (AvgIpc) is 2.86. The zero-order valence-corrected chi connectivity index (χ0v) is 11.5. The van der Waals surface area contributed by atoms with Crippen molar-refractivity contribution in [2.75, 3.05) is 20.3 Å². The molecule has 2 amide bonds. The molecule has 104 valence electrons. The van der Waals surface area contributed by atoms with Gasteiger partial charge in [0.25, 0.3) is 0 Å². The van der Waals surface area contributed by atoms with Gasteiger partial charge >= 0.3 is 6.03 Å². The average molecular weight is 265 g/mol. The summed E-state index contributed by atoms with van der Waals surface area (Å²) in [4.78, 5) is 17.3. The van der Waals surface area contributed by atoms with Crippen LogP contribution in [0.5, 0.6) is 0 Å². The number of rotatable bonds is 5. The molecule has 7 nitrogen and oxygen atoms in total. The van der Waals surface area contributed by atoms with Gasteiger partial charge in [0.1, 0.15) is 11.9 Å². The molecule has 7 heteroatoms. The summed E-state index contributed by atoms with van der Waals surface area (Å²) in [7, 11) is 3.45. The van der Waals surface area contributed by atoms with E-state index in [9.17, 15) is 4.79 Å². The van der Waals surface area contributed by atoms with Crippen molar-refractivity contribution in [3.63, 3.8) is 0 Å². The van der Waals surface area contributed by atoms with Crippen molar-refractivity contribution in [1.29, 1.82) is 0 Å². The van der Waals surface area contributed by atoms with Crippen LogP contribution in [0, 0.1) is 0 Å². The predicted molar refractivity (Wildman–Crippen MR) is 70.9 cm³/mol. The van der Waals surface area contributed by atoms with Crippen LogP contribution in [0.15, 0.2) is 11.2 Å². The van der Waals surface area contributed by atoms with Crippen LogP contribution in [0.1, 0.15) is 24.2 Å². The number of ether oxygens (including phenoxy) is 1. The largest absolute Gasteiger partial charge is 0.385 e. The molecule has 0 fully saturated rings. The third-order valence-electron chi connectivity index (χ3n) is 3.17. The third-order valence-corrected chi connectivity index (χ3v) is 3.17. The van der Waals surface area contributed by atoms with Crippen molar-refractivity contribution in [2.24, 2.45) is 17.8 Å². The summed E-state index contributed by atoms with van der Waals surface area (Å²) in [6.45, 7) is 2.93. The summed E-state index contributed by atoms with van der Waals surface area (Å²) in [6.07, 6.45) is 2.68. The Kier molecular flexibility index (Phi) is 3.84. The lowest BCUT2D eigenvalue weighted by Gasteiger charge is -2.23. The maximum Gasteiger partial charge on any atom is 0.346 e. The monoisotopic (exact) mass is 265 g/mol. The van der Waals surface area contributed by atoms with Gasteiger partial charge in [-0.15, -0.1) is 0 Å². The van der Waals surface area contributed by atoms with E-state index >= 15 is 0 Å². The lowest BCUT2D eigenvalue weighted by Crippen LogP contribution is -2.35. The van der Waals surface area contributed by atoms with Crippen LogP contribution in [0.2, 0.25) is 0 Å². The van der Waals surface area contributed by atoms with E-state index in [4.69, 9.17) is 10.5 Å². The standard InChI is InChI=1S/C12H19N5O2/c1-4-9-8(7-16(2)15-9)10-11(13)14-12(18)17(10)5-6-19-3/h7,10H,4-6H2,1-3H3,(H2,13,14,18). The van der Waals surface area contributed by atoms with Gasteiger partial charge in [-0.3, -0.25) is 4.68 Å². The summed E-state index contributed by atoms with van der Waals surface area (Å²) >= 11 is 0. The van der Waals surface area contributed by atoms with E-state index in [2.05, 4.69) is 10.1 Å². The number of nitrogens with zero attached hydrogens (tertiary/aromatic N) is 4. The number of amidine groups is 1. The highest BCUT2D eigenvalue weighted by molar-refractivity contribution is 6.03. The summed E-state index contributed by atoms with van der Waals surface area (Å²) in [6, 6.07) is -0.642. The number of carbonyl (C=O) groups is 1. The topological polar surface area (TPSA) is 85.7 Å². The van der Waals surface area contributed by atoms with E-state index in [1.165, 1.54) is 0 Å². The summed E-state index contributed by atoms with van der Waals surface area (Å²) in [5.41, 5.74) is 7.78. The molecular weight excluding hydrogens is 246 g/mol. The summed E-state index contributed by atoms with van der Waals surface area (Å²) < 4.78 is 6.76. The Labute approximate surface area is 112 Å². The first-order valence-electron chi connectivity index (χ1n) is 6.24. The van der Waals surface area contributed by atoms with Crippen molar-refractivity contribution >= 4 is 11.9 Å². The van der Waals surface area contributed by atoms with E-state index < -0.39 is 0 Å². The molecule has 1 unspecified atom stereocenters. The quantitative estimate of drug-likeness (QED) is 0.838. The summed E-state index contributed by atoms with van der Waals surface area (Å²) in [5, 5.41) is 4.38. The van der Waals surface area contributed by atoms with E-state index in [-0.39, 0.29) is 12.1 Å². The smallest absolute Gasteiger partial charge is 0.346 e. The zero-order chi connectivity index (χ0) is 14.0. The molecule has 19 heavy (non-hydrogen) atoms. The van der Waals surface area contributed by atoms with Gasteiger partial charge in [0, 0.05) is 32.5 Å². The Morgan fingerprint density at radius 2 is 2.26 bits per heavy atom. The molecule has 0 spiro atoms. The van der Waals surface area contributed by atoms with Crippen LogP contribution >= 0.6 is 0 Å². The number of methoxy groups -OCH3 is 1. The van der Waals surface area contributed by atoms with Crippen LogP contribution in [-0.2, 0) is 18.2 Å². The second-order valence-corrected chi connectivity index (χ2v) is 4.47. The van der Waals surface area contributed by atoms with Gasteiger partial charge in [-0.05, 0) is 6.42 Å². The Balaban J connectivity index is 2.33. The van der Waals surface area contributed by atoms with Crippen molar-refractivity contribution in [1.82, 2.24) is 14.7 Å². The molecule has 1 aromatic rings. The highest BCUT2D eigenvalue weighted by Crippen LogP contribution is 2.28. The lowest BCUT2D eigenvalue weighted by molar-refractivity contribution is 0.150. The summed E-state index contributed by atoms with van der Waals surface area (Å²) in [5.74, 6) is 0.323. The Bertz CT molecular complexity index is 508. The molecule has 0 saturated carbocycles. The molecule has 0 aromatic carbocycles. The molecule has 1 aliphatic heterocycles. The molecular formula is C12H19N5O2.